The van der Waals surface area contributed by atoms with E-state index in [-0.39, 0.29) is 23.4 Å². The maximum absolute atomic E-state index is 13.1. The second kappa shape index (κ2) is 8.51. The standard InChI is InChI=1S/C22H29FN2O4/c1-22(2,3)29-21(28)25-12-4-5-18(25)20(27)24-13-10-16(11-14-24)19(26)15-6-8-17(23)9-7-15/h6-9,16,18H,4-5,10-14H2,1-3H3/t18-/m0/s1. The number of ether oxygens (including phenoxy) is 1. The number of rotatable bonds is 3. The number of benzene rings is 1. The molecule has 1 atom stereocenters. The van der Waals surface area contributed by atoms with Crippen LogP contribution in [-0.2, 0) is 9.53 Å². The number of carbonyl (C=O) groups is 3. The van der Waals surface area contributed by atoms with Gasteiger partial charge in [-0.3, -0.25) is 14.5 Å². The molecule has 1 aromatic carbocycles. The molecule has 2 amide bonds. The molecule has 6 nitrogen and oxygen atoms in total. The van der Waals surface area contributed by atoms with Gasteiger partial charge in [-0.05, 0) is 70.7 Å². The Kier molecular flexibility index (Phi) is 6.24. The van der Waals surface area contributed by atoms with Crippen molar-refractivity contribution in [3.8, 4) is 0 Å². The molecule has 0 spiro atoms. The Morgan fingerprint density at radius 3 is 2.21 bits per heavy atom. The van der Waals surface area contributed by atoms with Gasteiger partial charge in [-0.2, -0.15) is 0 Å². The predicted octanol–water partition coefficient (Wildman–Crippen LogP) is 3.65. The summed E-state index contributed by atoms with van der Waals surface area (Å²) in [7, 11) is 0. The summed E-state index contributed by atoms with van der Waals surface area (Å²) in [6, 6.07) is 5.10. The Labute approximate surface area is 171 Å². The van der Waals surface area contributed by atoms with Crippen LogP contribution < -0.4 is 0 Å². The fourth-order valence-electron chi connectivity index (χ4n) is 3.99. The molecule has 3 rings (SSSR count). The van der Waals surface area contributed by atoms with Gasteiger partial charge in [0, 0.05) is 31.1 Å². The highest BCUT2D eigenvalue weighted by atomic mass is 19.1. The van der Waals surface area contributed by atoms with E-state index in [1.165, 1.54) is 29.2 Å². The van der Waals surface area contributed by atoms with Crippen molar-refractivity contribution in [3.63, 3.8) is 0 Å². The molecule has 0 aromatic heterocycles. The number of Topliss-reactive ketones (excluding diaryl/α,β-unsaturated/α-hetero) is 1. The number of amides is 2. The average Bonchev–Trinajstić information content (AvgIpc) is 3.16. The first kappa shape index (κ1) is 21.3. The van der Waals surface area contributed by atoms with Gasteiger partial charge in [-0.15, -0.1) is 0 Å². The molecule has 29 heavy (non-hydrogen) atoms. The van der Waals surface area contributed by atoms with Crippen LogP contribution in [-0.4, -0.2) is 58.9 Å². The summed E-state index contributed by atoms with van der Waals surface area (Å²) in [6.07, 6.45) is 2.10. The third kappa shape index (κ3) is 5.14. The lowest BCUT2D eigenvalue weighted by molar-refractivity contribution is -0.137. The van der Waals surface area contributed by atoms with Crippen molar-refractivity contribution in [2.24, 2.45) is 5.92 Å². The minimum Gasteiger partial charge on any atom is -0.444 e. The summed E-state index contributed by atoms with van der Waals surface area (Å²) in [5.41, 5.74) is -0.102. The lowest BCUT2D eigenvalue weighted by atomic mass is 9.88. The van der Waals surface area contributed by atoms with Crippen molar-refractivity contribution in [3.05, 3.63) is 35.6 Å². The zero-order valence-electron chi connectivity index (χ0n) is 17.3. The van der Waals surface area contributed by atoms with Gasteiger partial charge in [0.1, 0.15) is 17.5 Å². The van der Waals surface area contributed by atoms with Crippen LogP contribution in [0.1, 0.15) is 56.8 Å². The van der Waals surface area contributed by atoms with Crippen LogP contribution >= 0.6 is 0 Å². The molecule has 0 unspecified atom stereocenters. The number of likely N-dealkylation sites (tertiary alicyclic amines) is 2. The summed E-state index contributed by atoms with van der Waals surface area (Å²) in [5.74, 6) is -0.613. The Balaban J connectivity index is 1.57. The Hall–Kier alpha value is -2.44. The van der Waals surface area contributed by atoms with E-state index < -0.39 is 17.7 Å². The van der Waals surface area contributed by atoms with E-state index >= 15 is 0 Å². The quantitative estimate of drug-likeness (QED) is 0.722. The van der Waals surface area contributed by atoms with Crippen molar-refractivity contribution >= 4 is 17.8 Å². The number of carbonyl (C=O) groups excluding carboxylic acids is 3. The molecule has 1 aromatic rings. The molecule has 2 heterocycles. The number of hydrogen-bond donors (Lipinski definition) is 0. The summed E-state index contributed by atoms with van der Waals surface area (Å²) in [6.45, 7) is 6.90. The van der Waals surface area contributed by atoms with Gasteiger partial charge in [0.05, 0.1) is 0 Å². The highest BCUT2D eigenvalue weighted by molar-refractivity contribution is 5.98. The van der Waals surface area contributed by atoms with E-state index in [0.717, 1.165) is 6.42 Å². The molecule has 0 radical (unpaired) electrons. The number of nitrogens with zero attached hydrogens (tertiary/aromatic N) is 2. The van der Waals surface area contributed by atoms with Gasteiger partial charge in [0.25, 0.3) is 0 Å². The first-order valence-electron chi connectivity index (χ1n) is 10.2. The monoisotopic (exact) mass is 404 g/mol. The Bertz CT molecular complexity index is 764. The number of halogens is 1. The largest absolute Gasteiger partial charge is 0.444 e. The normalized spacial score (nSPS) is 20.6. The molecule has 7 heteroatoms. The van der Waals surface area contributed by atoms with Crippen LogP contribution in [0.4, 0.5) is 9.18 Å². The zero-order valence-corrected chi connectivity index (χ0v) is 17.3. The van der Waals surface area contributed by atoms with Crippen LogP contribution in [0.5, 0.6) is 0 Å². The summed E-state index contributed by atoms with van der Waals surface area (Å²) < 4.78 is 18.5. The topological polar surface area (TPSA) is 66.9 Å². The van der Waals surface area contributed by atoms with E-state index in [9.17, 15) is 18.8 Å². The Morgan fingerprint density at radius 2 is 1.62 bits per heavy atom. The van der Waals surface area contributed by atoms with Gasteiger partial charge in [-0.25, -0.2) is 9.18 Å². The average molecular weight is 404 g/mol. The predicted molar refractivity (Wildman–Crippen MR) is 106 cm³/mol. The van der Waals surface area contributed by atoms with E-state index in [1.807, 2.05) is 0 Å². The van der Waals surface area contributed by atoms with Crippen molar-refractivity contribution in [2.75, 3.05) is 19.6 Å². The second-order valence-electron chi connectivity index (χ2n) is 8.80. The van der Waals surface area contributed by atoms with Gasteiger partial charge < -0.3 is 9.64 Å². The summed E-state index contributed by atoms with van der Waals surface area (Å²) >= 11 is 0. The van der Waals surface area contributed by atoms with Crippen molar-refractivity contribution in [1.29, 1.82) is 0 Å². The molecule has 0 bridgehead atoms. The fourth-order valence-corrected chi connectivity index (χ4v) is 3.99. The van der Waals surface area contributed by atoms with E-state index in [0.29, 0.717) is 44.5 Å². The highest BCUT2D eigenvalue weighted by Gasteiger charge is 2.39. The minimum atomic E-state index is -0.605. The van der Waals surface area contributed by atoms with Crippen molar-refractivity contribution in [2.45, 2.75) is 58.1 Å². The molecule has 2 aliphatic heterocycles. The maximum Gasteiger partial charge on any atom is 0.410 e. The van der Waals surface area contributed by atoms with Crippen LogP contribution in [0.15, 0.2) is 24.3 Å². The zero-order chi connectivity index (χ0) is 21.2. The van der Waals surface area contributed by atoms with Crippen LogP contribution in [0.3, 0.4) is 0 Å². The summed E-state index contributed by atoms with van der Waals surface area (Å²) in [4.78, 5) is 41.4. The lowest BCUT2D eigenvalue weighted by Crippen LogP contribution is -2.51. The molecule has 0 N–H and O–H groups in total. The molecular weight excluding hydrogens is 375 g/mol. The molecule has 2 aliphatic rings. The first-order chi connectivity index (χ1) is 13.7. The summed E-state index contributed by atoms with van der Waals surface area (Å²) in [5, 5.41) is 0. The van der Waals surface area contributed by atoms with Crippen molar-refractivity contribution in [1.82, 2.24) is 9.80 Å². The fraction of sp³-hybridized carbons (Fsp3) is 0.591. The number of ketones is 1. The SMILES string of the molecule is CC(C)(C)OC(=O)N1CCC[C@H]1C(=O)N1CCC(C(=O)c2ccc(F)cc2)CC1. The van der Waals surface area contributed by atoms with E-state index in [4.69, 9.17) is 4.74 Å². The Morgan fingerprint density at radius 1 is 1.00 bits per heavy atom. The first-order valence-corrected chi connectivity index (χ1v) is 10.2. The van der Waals surface area contributed by atoms with Gasteiger partial charge >= 0.3 is 6.09 Å². The molecule has 0 aliphatic carbocycles. The number of hydrogen-bond acceptors (Lipinski definition) is 4. The molecular formula is C22H29FN2O4. The van der Waals surface area contributed by atoms with Gasteiger partial charge in [0.2, 0.25) is 5.91 Å². The third-order valence-corrected chi connectivity index (χ3v) is 5.47. The van der Waals surface area contributed by atoms with E-state index in [1.54, 1.807) is 25.7 Å². The molecule has 2 fully saturated rings. The smallest absolute Gasteiger partial charge is 0.410 e. The van der Waals surface area contributed by atoms with Crippen LogP contribution in [0.2, 0.25) is 0 Å². The minimum absolute atomic E-state index is 0.00616. The molecule has 0 saturated carbocycles. The van der Waals surface area contributed by atoms with Gasteiger partial charge in [-0.1, -0.05) is 0 Å². The molecule has 158 valence electrons. The third-order valence-electron chi connectivity index (χ3n) is 5.47. The highest BCUT2D eigenvalue weighted by Crippen LogP contribution is 2.26. The molecule has 2 saturated heterocycles. The van der Waals surface area contributed by atoms with Crippen molar-refractivity contribution < 1.29 is 23.5 Å². The van der Waals surface area contributed by atoms with Crippen LogP contribution in [0.25, 0.3) is 0 Å². The van der Waals surface area contributed by atoms with Crippen LogP contribution in [0, 0.1) is 11.7 Å². The number of piperidine rings is 1. The maximum atomic E-state index is 13.1. The van der Waals surface area contributed by atoms with Gasteiger partial charge in [0.15, 0.2) is 5.78 Å². The van der Waals surface area contributed by atoms with E-state index in [2.05, 4.69) is 0 Å². The lowest BCUT2D eigenvalue weighted by Gasteiger charge is -2.35. The second-order valence-corrected chi connectivity index (χ2v) is 8.80.